The summed E-state index contributed by atoms with van der Waals surface area (Å²) in [6.07, 6.45) is 1.02. The van der Waals surface area contributed by atoms with Crippen LogP contribution in [0.5, 0.6) is 5.75 Å². The van der Waals surface area contributed by atoms with Crippen LogP contribution in [0.4, 0.5) is 11.4 Å². The summed E-state index contributed by atoms with van der Waals surface area (Å²) in [4.78, 5) is 20.1. The Kier molecular flexibility index (Phi) is 22.6. The summed E-state index contributed by atoms with van der Waals surface area (Å²) in [5, 5.41) is 30.7. The number of benzene rings is 6. The van der Waals surface area contributed by atoms with Gasteiger partial charge in [0, 0.05) is 22.7 Å². The Morgan fingerprint density at radius 2 is 1.05 bits per heavy atom. The first kappa shape index (κ1) is 49.8. The Labute approximate surface area is 371 Å². The van der Waals surface area contributed by atoms with Gasteiger partial charge in [-0.3, -0.25) is 20.2 Å². The SMILES string of the molecule is CCOP(OCC)OCC.Clc1cccc2c1-c1ccccc1C2.O=[N+]([O-])c1cccc(Cl)c1-c1ccccc1.O=[N+]([O-])c1cccc(Cl)c1Cl.O[B]Oc1ccccc1. The molecule has 6 aromatic carbocycles. The second-order valence-electron chi connectivity index (χ2n) is 11.7. The van der Waals surface area contributed by atoms with Crippen LogP contribution in [-0.4, -0.2) is 42.4 Å². The quantitative estimate of drug-likeness (QED) is 0.0580. The molecule has 17 heteroatoms. The van der Waals surface area contributed by atoms with E-state index in [1.807, 2.05) is 69.3 Å². The molecule has 0 aliphatic heterocycles. The second kappa shape index (κ2) is 27.3. The van der Waals surface area contributed by atoms with Crippen molar-refractivity contribution in [2.75, 3.05) is 19.8 Å². The molecule has 0 heterocycles. The summed E-state index contributed by atoms with van der Waals surface area (Å²) >= 11 is 23.2. The highest BCUT2D eigenvalue weighted by Gasteiger charge is 2.20. The van der Waals surface area contributed by atoms with Crippen LogP contribution in [-0.2, 0) is 20.0 Å². The van der Waals surface area contributed by atoms with Gasteiger partial charge in [-0.2, -0.15) is 0 Å². The third kappa shape index (κ3) is 15.8. The second-order valence-corrected chi connectivity index (χ2v) is 14.5. The van der Waals surface area contributed by atoms with Crippen LogP contribution in [0.3, 0.4) is 0 Å². The summed E-state index contributed by atoms with van der Waals surface area (Å²) in [6.45, 7) is 7.71. The Balaban J connectivity index is 0.000000204. The molecule has 7 rings (SSSR count). The number of nitro groups is 2. The van der Waals surface area contributed by atoms with Crippen LogP contribution in [0.2, 0.25) is 20.1 Å². The third-order valence-electron chi connectivity index (χ3n) is 7.78. The van der Waals surface area contributed by atoms with Gasteiger partial charge in [-0.1, -0.05) is 143 Å². The van der Waals surface area contributed by atoms with Gasteiger partial charge in [-0.25, -0.2) is 0 Å². The highest BCUT2D eigenvalue weighted by molar-refractivity contribution is 7.41. The molecule has 1 N–H and O–H groups in total. The van der Waals surface area contributed by atoms with Gasteiger partial charge < -0.3 is 23.2 Å². The Bertz CT molecular complexity index is 2230. The summed E-state index contributed by atoms with van der Waals surface area (Å²) in [7, 11) is -0.399. The number of rotatable bonds is 11. The summed E-state index contributed by atoms with van der Waals surface area (Å²) in [6, 6.07) is 41.7. The van der Waals surface area contributed by atoms with E-state index in [2.05, 4.69) is 35.0 Å². The molecule has 11 nitrogen and oxygen atoms in total. The molecule has 0 bridgehead atoms. The van der Waals surface area contributed by atoms with Crippen molar-refractivity contribution >= 4 is 74.1 Å². The van der Waals surface area contributed by atoms with E-state index in [0.717, 1.165) is 17.0 Å². The van der Waals surface area contributed by atoms with E-state index >= 15 is 0 Å². The summed E-state index contributed by atoms with van der Waals surface area (Å²) in [5.74, 6) is 0.639. The molecule has 6 aromatic rings. The Morgan fingerprint density at radius 1 is 0.583 bits per heavy atom. The fourth-order valence-electron chi connectivity index (χ4n) is 5.32. The normalized spacial score (nSPS) is 10.4. The van der Waals surface area contributed by atoms with Crippen molar-refractivity contribution in [3.8, 4) is 28.0 Å². The number of nitro benzene ring substituents is 2. The predicted molar refractivity (Wildman–Crippen MR) is 243 cm³/mol. The molecule has 0 unspecified atom stereocenters. The molecular formula is C43H41BCl4N2O9P. The van der Waals surface area contributed by atoms with Crippen LogP contribution in [0.1, 0.15) is 31.9 Å². The minimum Gasteiger partial charge on any atom is -0.537 e. The molecule has 1 radical (unpaired) electrons. The summed E-state index contributed by atoms with van der Waals surface area (Å²) < 4.78 is 20.1. The number of hydrogen-bond donors (Lipinski definition) is 1. The lowest BCUT2D eigenvalue weighted by Gasteiger charge is -2.12. The van der Waals surface area contributed by atoms with Gasteiger partial charge in [0.1, 0.15) is 5.02 Å². The van der Waals surface area contributed by atoms with Crippen molar-refractivity contribution in [1.29, 1.82) is 0 Å². The van der Waals surface area contributed by atoms with E-state index in [1.54, 1.807) is 36.4 Å². The maximum atomic E-state index is 10.9. The largest absolute Gasteiger partial charge is 0.569 e. The molecule has 0 aromatic heterocycles. The monoisotopic (exact) mass is 911 g/mol. The topological polar surface area (TPSA) is 143 Å². The first-order valence-electron chi connectivity index (χ1n) is 18.3. The average molecular weight is 913 g/mol. The number of hydrogen-bond acceptors (Lipinski definition) is 9. The van der Waals surface area contributed by atoms with E-state index in [1.165, 1.54) is 46.5 Å². The molecule has 0 saturated carbocycles. The van der Waals surface area contributed by atoms with E-state index in [-0.39, 0.29) is 21.4 Å². The van der Waals surface area contributed by atoms with Gasteiger partial charge in [0.05, 0.1) is 51.0 Å². The van der Waals surface area contributed by atoms with Crippen LogP contribution in [0.25, 0.3) is 22.3 Å². The Morgan fingerprint density at radius 3 is 1.58 bits per heavy atom. The van der Waals surface area contributed by atoms with E-state index in [0.29, 0.717) is 43.8 Å². The molecule has 0 amide bonds. The molecule has 0 saturated heterocycles. The third-order valence-corrected chi connectivity index (χ3v) is 10.6. The lowest BCUT2D eigenvalue weighted by atomic mass is 10.0. The molecule has 1 aliphatic carbocycles. The number of fused-ring (bicyclic) bond motifs is 3. The smallest absolute Gasteiger partial charge is 0.537 e. The standard InChI is InChI=1S/C13H9Cl.C12H8ClNO2.C6H6BO2.C6H3Cl2NO2.C6H15O3P/c14-12-7-3-5-10-8-9-4-1-2-6-11(9)13(10)12;13-10-7-4-8-11(14(15)16)12(10)9-5-2-1-3-6-9;8-7-9-6-4-2-1-3-5-6;7-4-2-1-3-5(6(4)8)9(10)11;1-4-7-10(8-5-2)9-6-3/h1-7H,8H2;1-8H;1-5,8H;1-3H;4-6H2,1-3H3. The van der Waals surface area contributed by atoms with Crippen molar-refractivity contribution in [3.05, 3.63) is 191 Å². The van der Waals surface area contributed by atoms with E-state index in [9.17, 15) is 20.2 Å². The molecular weight excluding hydrogens is 872 g/mol. The van der Waals surface area contributed by atoms with Crippen molar-refractivity contribution in [2.45, 2.75) is 27.2 Å². The molecule has 0 atom stereocenters. The van der Waals surface area contributed by atoms with Gasteiger partial charge in [0.15, 0.2) is 0 Å². The molecule has 0 fully saturated rings. The van der Waals surface area contributed by atoms with Crippen molar-refractivity contribution in [3.63, 3.8) is 0 Å². The zero-order chi connectivity index (χ0) is 43.9. The zero-order valence-corrected chi connectivity index (χ0v) is 36.7. The predicted octanol–water partition coefficient (Wildman–Crippen LogP) is 13.6. The van der Waals surface area contributed by atoms with Crippen LogP contribution in [0, 0.1) is 20.2 Å². The zero-order valence-electron chi connectivity index (χ0n) is 32.8. The number of nitrogens with zero attached hydrogens (tertiary/aromatic N) is 2. The maximum Gasteiger partial charge on any atom is 0.569 e. The van der Waals surface area contributed by atoms with Gasteiger partial charge in [0.2, 0.25) is 0 Å². The highest BCUT2D eigenvalue weighted by atomic mass is 35.5. The lowest BCUT2D eigenvalue weighted by molar-refractivity contribution is -0.384. The molecule has 0 spiro atoms. The van der Waals surface area contributed by atoms with Gasteiger partial charge >= 0.3 is 16.3 Å². The van der Waals surface area contributed by atoms with Crippen LogP contribution < -0.4 is 4.65 Å². The minimum atomic E-state index is -1.06. The lowest BCUT2D eigenvalue weighted by Crippen LogP contribution is -1.98. The van der Waals surface area contributed by atoms with E-state index in [4.69, 9.17) is 65.0 Å². The first-order valence-corrected chi connectivity index (χ1v) is 20.9. The molecule has 313 valence electrons. The minimum absolute atomic E-state index is 0.0147. The first-order chi connectivity index (χ1) is 29.0. The van der Waals surface area contributed by atoms with Gasteiger partial charge in [-0.05, 0) is 79.8 Å². The van der Waals surface area contributed by atoms with Crippen molar-refractivity contribution < 1.29 is 33.1 Å². The van der Waals surface area contributed by atoms with Crippen molar-refractivity contribution in [1.82, 2.24) is 0 Å². The molecule has 60 heavy (non-hydrogen) atoms. The number of halogens is 4. The van der Waals surface area contributed by atoms with Crippen LogP contribution >= 0.6 is 55.0 Å². The van der Waals surface area contributed by atoms with Gasteiger partial charge in [0.25, 0.3) is 11.4 Å². The van der Waals surface area contributed by atoms with E-state index < -0.39 is 18.4 Å². The maximum absolute atomic E-state index is 10.9. The molecule has 1 aliphatic rings. The fraction of sp³-hybridized carbons (Fsp3) is 0.163. The fourth-order valence-corrected chi connectivity index (χ4v) is 7.11. The van der Waals surface area contributed by atoms with Gasteiger partial charge in [-0.15, -0.1) is 0 Å². The average Bonchev–Trinajstić information content (AvgIpc) is 3.64. The Hall–Kier alpha value is -4.59. The summed E-state index contributed by atoms with van der Waals surface area (Å²) in [5.41, 5.74) is 6.33. The number of para-hydroxylation sites is 1. The highest BCUT2D eigenvalue weighted by Crippen LogP contribution is 2.41. The van der Waals surface area contributed by atoms with Crippen LogP contribution in [0.15, 0.2) is 140 Å². The van der Waals surface area contributed by atoms with Crippen molar-refractivity contribution in [2.24, 2.45) is 0 Å².